The Morgan fingerprint density at radius 1 is 1.26 bits per heavy atom. The first-order chi connectivity index (χ1) is 11.0. The molecule has 0 aromatic heterocycles. The van der Waals surface area contributed by atoms with Crippen LogP contribution >= 0.6 is 15.9 Å². The summed E-state index contributed by atoms with van der Waals surface area (Å²) in [6.07, 6.45) is 1.53. The summed E-state index contributed by atoms with van der Waals surface area (Å²) in [5, 5.41) is 3.12. The average Bonchev–Trinajstić information content (AvgIpc) is 2.54. The van der Waals surface area contributed by atoms with Crippen LogP contribution in [0, 0.1) is 5.92 Å². The minimum Gasteiger partial charge on any atom is -0.379 e. The van der Waals surface area contributed by atoms with E-state index in [9.17, 15) is 4.79 Å². The van der Waals surface area contributed by atoms with E-state index in [-0.39, 0.29) is 5.91 Å². The van der Waals surface area contributed by atoms with Crippen LogP contribution in [0.3, 0.4) is 0 Å². The molecule has 1 unspecified atom stereocenters. The summed E-state index contributed by atoms with van der Waals surface area (Å²) < 4.78 is 6.47. The summed E-state index contributed by atoms with van der Waals surface area (Å²) in [4.78, 5) is 14.7. The third-order valence-electron chi connectivity index (χ3n) is 4.12. The third-order valence-corrected chi connectivity index (χ3v) is 4.65. The average molecular weight is 383 g/mol. The summed E-state index contributed by atoms with van der Waals surface area (Å²) in [5.41, 5.74) is 1.04. The molecule has 0 radical (unpaired) electrons. The highest BCUT2D eigenvalue weighted by atomic mass is 79.9. The summed E-state index contributed by atoms with van der Waals surface area (Å²) in [6.45, 7) is 8.69. The van der Waals surface area contributed by atoms with Gasteiger partial charge in [-0.15, -0.1) is 0 Å². The maximum atomic E-state index is 12.2. The van der Waals surface area contributed by atoms with Gasteiger partial charge in [-0.25, -0.2) is 0 Å². The van der Waals surface area contributed by atoms with Gasteiger partial charge in [0.2, 0.25) is 5.91 Å². The summed E-state index contributed by atoms with van der Waals surface area (Å²) in [5.74, 6) is 0.709. The lowest BCUT2D eigenvalue weighted by Crippen LogP contribution is -2.49. The molecule has 1 aromatic carbocycles. The third kappa shape index (κ3) is 6.61. The number of hydrogen-bond acceptors (Lipinski definition) is 3. The van der Waals surface area contributed by atoms with Gasteiger partial charge in [0, 0.05) is 30.1 Å². The second kappa shape index (κ2) is 9.40. The second-order valence-electron chi connectivity index (χ2n) is 6.54. The highest BCUT2D eigenvalue weighted by Crippen LogP contribution is 2.14. The molecule has 1 heterocycles. The Morgan fingerprint density at radius 2 is 1.91 bits per heavy atom. The minimum absolute atomic E-state index is 0.0920. The van der Waals surface area contributed by atoms with Crippen LogP contribution in [0.15, 0.2) is 28.7 Å². The van der Waals surface area contributed by atoms with E-state index in [0.29, 0.717) is 24.9 Å². The number of carbonyl (C=O) groups excluding carboxylic acids is 1. The maximum absolute atomic E-state index is 12.2. The molecule has 1 aliphatic rings. The van der Waals surface area contributed by atoms with Crippen molar-refractivity contribution in [1.82, 2.24) is 10.2 Å². The molecule has 128 valence electrons. The van der Waals surface area contributed by atoms with Gasteiger partial charge in [-0.3, -0.25) is 9.69 Å². The number of amides is 1. The Morgan fingerprint density at radius 3 is 2.52 bits per heavy atom. The lowest BCUT2D eigenvalue weighted by atomic mass is 10.0. The van der Waals surface area contributed by atoms with Gasteiger partial charge in [0.05, 0.1) is 19.6 Å². The van der Waals surface area contributed by atoms with Gasteiger partial charge in [-0.1, -0.05) is 41.9 Å². The molecular weight excluding hydrogens is 356 g/mol. The fraction of sp³-hybridized carbons (Fsp3) is 0.611. The van der Waals surface area contributed by atoms with Crippen LogP contribution < -0.4 is 5.32 Å². The molecule has 23 heavy (non-hydrogen) atoms. The number of carbonyl (C=O) groups is 1. The minimum atomic E-state index is 0.0920. The molecule has 0 spiro atoms. The van der Waals surface area contributed by atoms with E-state index in [1.165, 1.54) is 0 Å². The van der Waals surface area contributed by atoms with E-state index in [0.717, 1.165) is 42.8 Å². The normalized spacial score (nSPS) is 17.2. The molecule has 4 nitrogen and oxygen atoms in total. The number of nitrogens with one attached hydrogen (secondary N) is 1. The molecular formula is C18H27BrN2O2. The number of nitrogens with zero attached hydrogens (tertiary/aromatic N) is 1. The van der Waals surface area contributed by atoms with Gasteiger partial charge in [0.25, 0.3) is 0 Å². The van der Waals surface area contributed by atoms with Crippen molar-refractivity contribution in [2.45, 2.75) is 32.7 Å². The van der Waals surface area contributed by atoms with Crippen molar-refractivity contribution >= 4 is 21.8 Å². The van der Waals surface area contributed by atoms with Crippen molar-refractivity contribution in [3.05, 3.63) is 34.3 Å². The molecule has 5 heteroatoms. The van der Waals surface area contributed by atoms with Crippen molar-refractivity contribution < 1.29 is 9.53 Å². The van der Waals surface area contributed by atoms with E-state index in [4.69, 9.17) is 4.74 Å². The summed E-state index contributed by atoms with van der Waals surface area (Å²) >= 11 is 3.41. The number of benzene rings is 1. The summed E-state index contributed by atoms with van der Waals surface area (Å²) in [7, 11) is 0. The van der Waals surface area contributed by atoms with Gasteiger partial charge in [-0.2, -0.15) is 0 Å². The molecule has 1 fully saturated rings. The number of hydrogen-bond donors (Lipinski definition) is 1. The first kappa shape index (κ1) is 18.4. The molecule has 0 aliphatic carbocycles. The predicted molar refractivity (Wildman–Crippen MR) is 96.5 cm³/mol. The zero-order valence-electron chi connectivity index (χ0n) is 14.1. The molecule has 1 atom stereocenters. The van der Waals surface area contributed by atoms with E-state index in [1.807, 2.05) is 24.3 Å². The van der Waals surface area contributed by atoms with E-state index in [1.54, 1.807) is 0 Å². The van der Waals surface area contributed by atoms with Crippen molar-refractivity contribution in [1.29, 1.82) is 0 Å². The SMILES string of the molecule is CC(C)CC(CNC(=O)Cc1ccc(Br)cc1)N1CCOCC1. The predicted octanol–water partition coefficient (Wildman–Crippen LogP) is 2.85. The smallest absolute Gasteiger partial charge is 0.224 e. The van der Waals surface area contributed by atoms with Crippen molar-refractivity contribution in [3.8, 4) is 0 Å². The standard InChI is InChI=1S/C18H27BrN2O2/c1-14(2)11-17(21-7-9-23-10-8-21)13-20-18(22)12-15-3-5-16(19)6-4-15/h3-6,14,17H,7-13H2,1-2H3,(H,20,22). The second-order valence-corrected chi connectivity index (χ2v) is 7.45. The van der Waals surface area contributed by atoms with Gasteiger partial charge < -0.3 is 10.1 Å². The van der Waals surface area contributed by atoms with E-state index in [2.05, 4.69) is 40.0 Å². The number of ether oxygens (including phenoxy) is 1. The first-order valence-electron chi connectivity index (χ1n) is 8.37. The monoisotopic (exact) mass is 382 g/mol. The molecule has 1 amide bonds. The van der Waals surface area contributed by atoms with Crippen LogP contribution in [-0.2, 0) is 16.0 Å². The van der Waals surface area contributed by atoms with Crippen LogP contribution in [0.2, 0.25) is 0 Å². The number of rotatable bonds is 7. The van der Waals surface area contributed by atoms with Gasteiger partial charge in [0.1, 0.15) is 0 Å². The van der Waals surface area contributed by atoms with Crippen LogP contribution in [0.1, 0.15) is 25.8 Å². The molecule has 2 rings (SSSR count). The van der Waals surface area contributed by atoms with Gasteiger partial charge in [-0.05, 0) is 30.0 Å². The molecule has 1 aromatic rings. The molecule has 1 aliphatic heterocycles. The van der Waals surface area contributed by atoms with E-state index < -0.39 is 0 Å². The Labute approximate surface area is 147 Å². The molecule has 0 saturated carbocycles. The summed E-state index contributed by atoms with van der Waals surface area (Å²) in [6, 6.07) is 8.30. The lowest BCUT2D eigenvalue weighted by molar-refractivity contribution is -0.120. The number of morpholine rings is 1. The van der Waals surface area contributed by atoms with E-state index >= 15 is 0 Å². The Bertz CT molecular complexity index is 484. The highest BCUT2D eigenvalue weighted by Gasteiger charge is 2.22. The topological polar surface area (TPSA) is 41.6 Å². The van der Waals surface area contributed by atoms with Crippen molar-refractivity contribution in [2.24, 2.45) is 5.92 Å². The van der Waals surface area contributed by atoms with Crippen LogP contribution in [-0.4, -0.2) is 49.7 Å². The van der Waals surface area contributed by atoms with Crippen LogP contribution in [0.4, 0.5) is 0 Å². The van der Waals surface area contributed by atoms with Crippen LogP contribution in [0.5, 0.6) is 0 Å². The largest absolute Gasteiger partial charge is 0.379 e. The Kier molecular flexibility index (Phi) is 7.53. The quantitative estimate of drug-likeness (QED) is 0.787. The molecule has 1 N–H and O–H groups in total. The zero-order valence-corrected chi connectivity index (χ0v) is 15.6. The lowest BCUT2D eigenvalue weighted by Gasteiger charge is -2.35. The first-order valence-corrected chi connectivity index (χ1v) is 9.17. The van der Waals surface area contributed by atoms with Gasteiger partial charge >= 0.3 is 0 Å². The van der Waals surface area contributed by atoms with Crippen molar-refractivity contribution in [3.63, 3.8) is 0 Å². The number of halogens is 1. The highest BCUT2D eigenvalue weighted by molar-refractivity contribution is 9.10. The zero-order chi connectivity index (χ0) is 16.7. The fourth-order valence-electron chi connectivity index (χ4n) is 2.93. The Hall–Kier alpha value is -0.910. The maximum Gasteiger partial charge on any atom is 0.224 e. The Balaban J connectivity index is 1.83. The fourth-order valence-corrected chi connectivity index (χ4v) is 3.19. The van der Waals surface area contributed by atoms with Crippen LogP contribution in [0.25, 0.3) is 0 Å². The van der Waals surface area contributed by atoms with Crippen molar-refractivity contribution in [2.75, 3.05) is 32.8 Å². The molecule has 0 bridgehead atoms. The molecule has 1 saturated heterocycles. The van der Waals surface area contributed by atoms with Gasteiger partial charge in [0.15, 0.2) is 0 Å².